The normalized spacial score (nSPS) is 12.3. The number of alkyl halides is 3. The summed E-state index contributed by atoms with van der Waals surface area (Å²) in [5.41, 5.74) is 2.20. The van der Waals surface area contributed by atoms with Crippen LogP contribution in [-0.4, -0.2) is 4.98 Å². The summed E-state index contributed by atoms with van der Waals surface area (Å²) in [5, 5.41) is 0.911. The SMILES string of the molecule is CCCc1[nH]c2cc(C(F)(F)F)ccc2c1CC. The number of fused-ring (bicyclic) bond motifs is 1. The van der Waals surface area contributed by atoms with Crippen LogP contribution in [-0.2, 0) is 19.0 Å². The molecule has 0 fully saturated rings. The zero-order chi connectivity index (χ0) is 13.3. The van der Waals surface area contributed by atoms with Gasteiger partial charge in [-0.15, -0.1) is 0 Å². The molecular weight excluding hydrogens is 239 g/mol. The maximum absolute atomic E-state index is 12.6. The first-order valence-corrected chi connectivity index (χ1v) is 6.18. The van der Waals surface area contributed by atoms with Crippen LogP contribution in [0.5, 0.6) is 0 Å². The highest BCUT2D eigenvalue weighted by Crippen LogP contribution is 2.33. The molecule has 98 valence electrons. The molecule has 0 saturated heterocycles. The van der Waals surface area contributed by atoms with Crippen molar-refractivity contribution in [3.63, 3.8) is 0 Å². The fraction of sp³-hybridized carbons (Fsp3) is 0.429. The van der Waals surface area contributed by atoms with E-state index in [1.165, 1.54) is 6.07 Å². The molecule has 0 atom stereocenters. The molecule has 2 aromatic rings. The van der Waals surface area contributed by atoms with E-state index in [2.05, 4.69) is 11.9 Å². The van der Waals surface area contributed by atoms with Crippen molar-refractivity contribution in [2.45, 2.75) is 39.3 Å². The molecule has 2 rings (SSSR count). The lowest BCUT2D eigenvalue weighted by atomic mass is 10.0. The summed E-state index contributed by atoms with van der Waals surface area (Å²) >= 11 is 0. The summed E-state index contributed by atoms with van der Waals surface area (Å²) in [6.07, 6.45) is -1.59. The first-order chi connectivity index (χ1) is 8.47. The second kappa shape index (κ2) is 4.67. The van der Waals surface area contributed by atoms with Crippen LogP contribution in [0.1, 0.15) is 37.1 Å². The second-order valence-corrected chi connectivity index (χ2v) is 4.44. The monoisotopic (exact) mass is 255 g/mol. The Balaban J connectivity index is 2.58. The molecule has 4 heteroatoms. The van der Waals surface area contributed by atoms with E-state index in [1.54, 1.807) is 6.07 Å². The molecule has 0 aliphatic rings. The fourth-order valence-electron chi connectivity index (χ4n) is 2.35. The van der Waals surface area contributed by atoms with E-state index in [4.69, 9.17) is 0 Å². The molecule has 1 heterocycles. The molecule has 0 amide bonds. The topological polar surface area (TPSA) is 15.8 Å². The summed E-state index contributed by atoms with van der Waals surface area (Å²) < 4.78 is 37.9. The Labute approximate surface area is 104 Å². The minimum atomic E-state index is -4.28. The van der Waals surface area contributed by atoms with Crippen molar-refractivity contribution in [2.24, 2.45) is 0 Å². The average Bonchev–Trinajstić information content (AvgIpc) is 2.64. The van der Waals surface area contributed by atoms with Crippen LogP contribution in [0.15, 0.2) is 18.2 Å². The molecule has 0 saturated carbocycles. The maximum atomic E-state index is 12.6. The van der Waals surface area contributed by atoms with Crippen molar-refractivity contribution in [2.75, 3.05) is 0 Å². The number of hydrogen-bond acceptors (Lipinski definition) is 0. The molecule has 0 aliphatic carbocycles. The van der Waals surface area contributed by atoms with Crippen molar-refractivity contribution < 1.29 is 13.2 Å². The maximum Gasteiger partial charge on any atom is 0.416 e. The highest BCUT2D eigenvalue weighted by Gasteiger charge is 2.30. The number of benzene rings is 1. The molecule has 0 aliphatic heterocycles. The van der Waals surface area contributed by atoms with Crippen LogP contribution in [0.2, 0.25) is 0 Å². The van der Waals surface area contributed by atoms with Gasteiger partial charge in [-0.25, -0.2) is 0 Å². The van der Waals surface area contributed by atoms with Gasteiger partial charge < -0.3 is 4.98 Å². The number of aryl methyl sites for hydroxylation is 2. The van der Waals surface area contributed by atoms with E-state index in [1.807, 2.05) is 6.92 Å². The molecular formula is C14H16F3N. The Kier molecular flexibility index (Phi) is 3.37. The minimum absolute atomic E-state index is 0.588. The van der Waals surface area contributed by atoms with Gasteiger partial charge in [-0.1, -0.05) is 26.3 Å². The third-order valence-corrected chi connectivity index (χ3v) is 3.18. The molecule has 1 aromatic carbocycles. The van der Waals surface area contributed by atoms with Crippen LogP contribution in [0.3, 0.4) is 0 Å². The second-order valence-electron chi connectivity index (χ2n) is 4.44. The standard InChI is InChI=1S/C14H16F3N/c1-3-5-12-10(4-2)11-7-6-9(14(15,16)17)8-13(11)18-12/h6-8,18H,3-5H2,1-2H3. The zero-order valence-corrected chi connectivity index (χ0v) is 10.5. The first kappa shape index (κ1) is 13.0. The Morgan fingerprint density at radius 3 is 2.44 bits per heavy atom. The van der Waals surface area contributed by atoms with Gasteiger partial charge in [-0.3, -0.25) is 0 Å². The van der Waals surface area contributed by atoms with E-state index in [0.29, 0.717) is 5.52 Å². The molecule has 1 aromatic heterocycles. The van der Waals surface area contributed by atoms with Crippen molar-refractivity contribution in [3.8, 4) is 0 Å². The van der Waals surface area contributed by atoms with E-state index in [0.717, 1.165) is 42.0 Å². The fourth-order valence-corrected chi connectivity index (χ4v) is 2.35. The van der Waals surface area contributed by atoms with Crippen molar-refractivity contribution in [1.82, 2.24) is 4.98 Å². The van der Waals surface area contributed by atoms with Crippen LogP contribution >= 0.6 is 0 Å². The van der Waals surface area contributed by atoms with Crippen molar-refractivity contribution >= 4 is 10.9 Å². The number of H-pyrrole nitrogens is 1. The van der Waals surface area contributed by atoms with Crippen LogP contribution in [0, 0.1) is 0 Å². The average molecular weight is 255 g/mol. The quantitative estimate of drug-likeness (QED) is 0.818. The lowest BCUT2D eigenvalue weighted by Gasteiger charge is -2.06. The molecule has 1 N–H and O–H groups in total. The van der Waals surface area contributed by atoms with E-state index in [9.17, 15) is 13.2 Å². The van der Waals surface area contributed by atoms with Crippen LogP contribution < -0.4 is 0 Å². The summed E-state index contributed by atoms with van der Waals surface area (Å²) in [7, 11) is 0. The number of hydrogen-bond donors (Lipinski definition) is 1. The van der Waals surface area contributed by atoms with Gasteiger partial charge in [0.15, 0.2) is 0 Å². The Hall–Kier alpha value is -1.45. The van der Waals surface area contributed by atoms with Gasteiger partial charge in [0.2, 0.25) is 0 Å². The zero-order valence-electron chi connectivity index (χ0n) is 10.5. The Morgan fingerprint density at radius 1 is 1.17 bits per heavy atom. The predicted octanol–water partition coefficient (Wildman–Crippen LogP) is 4.70. The highest BCUT2D eigenvalue weighted by atomic mass is 19.4. The third kappa shape index (κ3) is 2.24. The summed E-state index contributed by atoms with van der Waals surface area (Å²) in [4.78, 5) is 3.13. The predicted molar refractivity (Wildman–Crippen MR) is 66.7 cm³/mol. The minimum Gasteiger partial charge on any atom is -0.358 e. The first-order valence-electron chi connectivity index (χ1n) is 6.18. The summed E-state index contributed by atoms with van der Waals surface area (Å²) in [6, 6.07) is 3.94. The molecule has 1 nitrogen and oxygen atoms in total. The Bertz CT molecular complexity index is 552. The molecule has 0 bridgehead atoms. The van der Waals surface area contributed by atoms with E-state index in [-0.39, 0.29) is 0 Å². The van der Waals surface area contributed by atoms with Gasteiger partial charge in [0, 0.05) is 16.6 Å². The van der Waals surface area contributed by atoms with E-state index >= 15 is 0 Å². The van der Waals surface area contributed by atoms with Gasteiger partial charge in [-0.05, 0) is 30.5 Å². The lowest BCUT2D eigenvalue weighted by Crippen LogP contribution is -2.04. The molecule has 0 radical (unpaired) electrons. The molecule has 18 heavy (non-hydrogen) atoms. The highest BCUT2D eigenvalue weighted by molar-refractivity contribution is 5.85. The van der Waals surface area contributed by atoms with Crippen LogP contribution in [0.25, 0.3) is 10.9 Å². The Morgan fingerprint density at radius 2 is 1.89 bits per heavy atom. The van der Waals surface area contributed by atoms with Gasteiger partial charge in [0.25, 0.3) is 0 Å². The van der Waals surface area contributed by atoms with Gasteiger partial charge in [0.05, 0.1) is 5.56 Å². The summed E-state index contributed by atoms with van der Waals surface area (Å²) in [6.45, 7) is 4.09. The smallest absolute Gasteiger partial charge is 0.358 e. The van der Waals surface area contributed by atoms with Crippen molar-refractivity contribution in [3.05, 3.63) is 35.0 Å². The third-order valence-electron chi connectivity index (χ3n) is 3.18. The number of aromatic amines is 1. The number of rotatable bonds is 3. The largest absolute Gasteiger partial charge is 0.416 e. The number of nitrogens with one attached hydrogen (secondary N) is 1. The van der Waals surface area contributed by atoms with E-state index < -0.39 is 11.7 Å². The summed E-state index contributed by atoms with van der Waals surface area (Å²) in [5.74, 6) is 0. The van der Waals surface area contributed by atoms with Gasteiger partial charge >= 0.3 is 6.18 Å². The lowest BCUT2D eigenvalue weighted by molar-refractivity contribution is -0.137. The van der Waals surface area contributed by atoms with Crippen LogP contribution in [0.4, 0.5) is 13.2 Å². The van der Waals surface area contributed by atoms with Crippen molar-refractivity contribution in [1.29, 1.82) is 0 Å². The molecule has 0 spiro atoms. The van der Waals surface area contributed by atoms with Gasteiger partial charge in [-0.2, -0.15) is 13.2 Å². The number of aromatic nitrogens is 1. The van der Waals surface area contributed by atoms with Gasteiger partial charge in [0.1, 0.15) is 0 Å². The number of halogens is 3. The molecule has 0 unspecified atom stereocenters.